The summed E-state index contributed by atoms with van der Waals surface area (Å²) < 4.78 is 13.6. The molecule has 0 radical (unpaired) electrons. The minimum atomic E-state index is -1.07. The molecule has 116 valence electrons. The molecule has 0 saturated heterocycles. The molecule has 22 heavy (non-hydrogen) atoms. The van der Waals surface area contributed by atoms with Gasteiger partial charge in [0.15, 0.2) is 0 Å². The van der Waals surface area contributed by atoms with E-state index in [0.717, 1.165) is 0 Å². The lowest BCUT2D eigenvalue weighted by atomic mass is 10.1. The van der Waals surface area contributed by atoms with E-state index in [4.69, 9.17) is 5.11 Å². The van der Waals surface area contributed by atoms with E-state index in [1.54, 1.807) is 30.5 Å². The number of amides is 1. The van der Waals surface area contributed by atoms with Crippen LogP contribution in [0.25, 0.3) is 0 Å². The number of hydrogen-bond acceptors (Lipinski definition) is 4. The predicted molar refractivity (Wildman–Crippen MR) is 80.5 cm³/mol. The third-order valence-electron chi connectivity index (χ3n) is 3.07. The van der Waals surface area contributed by atoms with Crippen LogP contribution < -0.4 is 0 Å². The minimum Gasteiger partial charge on any atom is -0.480 e. The van der Waals surface area contributed by atoms with E-state index in [0.29, 0.717) is 17.0 Å². The van der Waals surface area contributed by atoms with Crippen LogP contribution >= 0.6 is 11.3 Å². The molecule has 0 aliphatic heterocycles. The number of carbonyl (C=O) groups excluding carboxylic acids is 1. The van der Waals surface area contributed by atoms with Gasteiger partial charge in [-0.2, -0.15) is 0 Å². The Labute approximate surface area is 131 Å². The Morgan fingerprint density at radius 1 is 1.36 bits per heavy atom. The minimum absolute atomic E-state index is 0.194. The van der Waals surface area contributed by atoms with Gasteiger partial charge in [-0.05, 0) is 18.6 Å². The summed E-state index contributed by atoms with van der Waals surface area (Å²) in [5.41, 5.74) is 0.702. The van der Waals surface area contributed by atoms with Gasteiger partial charge in [0.2, 0.25) is 0 Å². The molecule has 1 aromatic carbocycles. The number of aliphatic carboxylic acids is 1. The van der Waals surface area contributed by atoms with Crippen molar-refractivity contribution in [2.24, 2.45) is 0 Å². The van der Waals surface area contributed by atoms with Crippen molar-refractivity contribution in [1.82, 2.24) is 9.88 Å². The van der Waals surface area contributed by atoms with E-state index in [1.165, 1.54) is 22.3 Å². The van der Waals surface area contributed by atoms with Gasteiger partial charge in [0.05, 0.1) is 5.01 Å². The zero-order valence-corrected chi connectivity index (χ0v) is 12.8. The Morgan fingerprint density at radius 2 is 2.09 bits per heavy atom. The number of hydrogen-bond donors (Lipinski definition) is 1. The van der Waals surface area contributed by atoms with Gasteiger partial charge < -0.3 is 10.0 Å². The Hall–Kier alpha value is -2.28. The number of carboxylic acids is 1. The van der Waals surface area contributed by atoms with E-state index in [2.05, 4.69) is 4.98 Å². The zero-order valence-electron chi connectivity index (χ0n) is 12.0. The van der Waals surface area contributed by atoms with Gasteiger partial charge in [-0.1, -0.05) is 18.2 Å². The molecule has 0 aliphatic carbocycles. The number of aromatic nitrogens is 1. The predicted octanol–water partition coefficient (Wildman–Crippen LogP) is 2.42. The number of thiazole rings is 1. The van der Waals surface area contributed by atoms with Gasteiger partial charge in [0.25, 0.3) is 5.91 Å². The quantitative estimate of drug-likeness (QED) is 0.886. The summed E-state index contributed by atoms with van der Waals surface area (Å²) in [6.07, 6.45) is 0.301. The number of carboxylic acid groups (broad SMARTS) is 1. The van der Waals surface area contributed by atoms with Crippen molar-refractivity contribution in [3.63, 3.8) is 0 Å². The van der Waals surface area contributed by atoms with Crippen molar-refractivity contribution in [3.05, 3.63) is 51.7 Å². The first-order valence-electron chi connectivity index (χ1n) is 6.70. The third kappa shape index (κ3) is 3.88. The summed E-state index contributed by atoms with van der Waals surface area (Å²) in [7, 11) is 0. The SMILES string of the molecule is CCN(CC(=O)O)C(=O)c1csc(Cc2ccccc2F)n1. The van der Waals surface area contributed by atoms with Crippen LogP contribution in [-0.2, 0) is 11.2 Å². The molecule has 1 N–H and O–H groups in total. The van der Waals surface area contributed by atoms with Crippen molar-refractivity contribution in [2.45, 2.75) is 13.3 Å². The maximum atomic E-state index is 13.6. The van der Waals surface area contributed by atoms with Gasteiger partial charge in [0, 0.05) is 18.3 Å². The highest BCUT2D eigenvalue weighted by Crippen LogP contribution is 2.18. The molecule has 0 unspecified atom stereocenters. The molecule has 7 heteroatoms. The smallest absolute Gasteiger partial charge is 0.323 e. The van der Waals surface area contributed by atoms with Gasteiger partial charge in [-0.25, -0.2) is 9.37 Å². The first kappa shape index (κ1) is 16.1. The Bertz CT molecular complexity index is 687. The van der Waals surface area contributed by atoms with Crippen LogP contribution in [0.4, 0.5) is 4.39 Å². The Morgan fingerprint density at radius 3 is 2.73 bits per heavy atom. The lowest BCUT2D eigenvalue weighted by Gasteiger charge is -2.16. The summed E-state index contributed by atoms with van der Waals surface area (Å²) in [5.74, 6) is -1.82. The third-order valence-corrected chi connectivity index (χ3v) is 3.91. The lowest BCUT2D eigenvalue weighted by Crippen LogP contribution is -2.35. The first-order chi connectivity index (χ1) is 10.5. The number of carbonyl (C=O) groups is 2. The average Bonchev–Trinajstić information content (AvgIpc) is 2.95. The lowest BCUT2D eigenvalue weighted by molar-refractivity contribution is -0.137. The van der Waals surface area contributed by atoms with Gasteiger partial charge >= 0.3 is 5.97 Å². The molecular formula is C15H15FN2O3S. The van der Waals surface area contributed by atoms with E-state index in [9.17, 15) is 14.0 Å². The summed E-state index contributed by atoms with van der Waals surface area (Å²) in [4.78, 5) is 28.3. The highest BCUT2D eigenvalue weighted by atomic mass is 32.1. The summed E-state index contributed by atoms with van der Waals surface area (Å²) in [5, 5.41) is 11.0. The number of halogens is 1. The molecule has 2 rings (SSSR count). The standard InChI is InChI=1S/C15H15FN2O3S/c1-2-18(8-14(19)20)15(21)12-9-22-13(17-12)7-10-5-3-4-6-11(10)16/h3-6,9H,2,7-8H2,1H3,(H,19,20). The number of nitrogens with zero attached hydrogens (tertiary/aromatic N) is 2. The Kier molecular flexibility index (Phi) is 5.21. The van der Waals surface area contributed by atoms with Crippen molar-refractivity contribution >= 4 is 23.2 Å². The number of rotatable bonds is 6. The molecule has 0 fully saturated rings. The second-order valence-corrected chi connectivity index (χ2v) is 5.55. The summed E-state index contributed by atoms with van der Waals surface area (Å²) in [6.45, 7) is 1.62. The molecule has 1 amide bonds. The second-order valence-electron chi connectivity index (χ2n) is 4.61. The van der Waals surface area contributed by atoms with Crippen molar-refractivity contribution in [2.75, 3.05) is 13.1 Å². The normalized spacial score (nSPS) is 10.5. The molecule has 2 aromatic rings. The van der Waals surface area contributed by atoms with Crippen LogP contribution in [0, 0.1) is 5.82 Å². The van der Waals surface area contributed by atoms with Crippen LogP contribution in [0.3, 0.4) is 0 Å². The van der Waals surface area contributed by atoms with Crippen LogP contribution in [-0.4, -0.2) is 40.0 Å². The van der Waals surface area contributed by atoms with Crippen LogP contribution in [0.1, 0.15) is 28.0 Å². The first-order valence-corrected chi connectivity index (χ1v) is 7.58. The molecule has 1 aromatic heterocycles. The Balaban J connectivity index is 2.12. The molecule has 0 aliphatic rings. The van der Waals surface area contributed by atoms with Crippen molar-refractivity contribution in [3.8, 4) is 0 Å². The largest absolute Gasteiger partial charge is 0.480 e. The highest BCUT2D eigenvalue weighted by Gasteiger charge is 2.19. The molecule has 5 nitrogen and oxygen atoms in total. The summed E-state index contributed by atoms with van der Waals surface area (Å²) in [6, 6.07) is 6.39. The monoisotopic (exact) mass is 322 g/mol. The molecule has 0 atom stereocenters. The number of benzene rings is 1. The van der Waals surface area contributed by atoms with Gasteiger partial charge in [-0.15, -0.1) is 11.3 Å². The van der Waals surface area contributed by atoms with E-state index < -0.39 is 11.9 Å². The maximum absolute atomic E-state index is 13.6. The fourth-order valence-corrected chi connectivity index (χ4v) is 2.74. The fourth-order valence-electron chi connectivity index (χ4n) is 1.95. The maximum Gasteiger partial charge on any atom is 0.323 e. The van der Waals surface area contributed by atoms with Crippen LogP contribution in [0.2, 0.25) is 0 Å². The van der Waals surface area contributed by atoms with Crippen molar-refractivity contribution in [1.29, 1.82) is 0 Å². The fraction of sp³-hybridized carbons (Fsp3) is 0.267. The molecule has 0 saturated carbocycles. The summed E-state index contributed by atoms with van der Waals surface area (Å²) >= 11 is 1.26. The zero-order chi connectivity index (χ0) is 16.1. The molecule has 0 spiro atoms. The average molecular weight is 322 g/mol. The number of likely N-dealkylation sites (N-methyl/N-ethyl adjacent to an activating group) is 1. The topological polar surface area (TPSA) is 70.5 Å². The van der Waals surface area contributed by atoms with E-state index in [1.807, 2.05) is 0 Å². The second kappa shape index (κ2) is 7.13. The van der Waals surface area contributed by atoms with Gasteiger partial charge in [0.1, 0.15) is 18.1 Å². The van der Waals surface area contributed by atoms with Gasteiger partial charge in [-0.3, -0.25) is 9.59 Å². The molecule has 0 bridgehead atoms. The molecule has 1 heterocycles. The van der Waals surface area contributed by atoms with Crippen molar-refractivity contribution < 1.29 is 19.1 Å². The van der Waals surface area contributed by atoms with Crippen LogP contribution in [0.15, 0.2) is 29.6 Å². The molecular weight excluding hydrogens is 307 g/mol. The highest BCUT2D eigenvalue weighted by molar-refractivity contribution is 7.09. The van der Waals surface area contributed by atoms with Crippen LogP contribution in [0.5, 0.6) is 0 Å². The van der Waals surface area contributed by atoms with E-state index in [-0.39, 0.29) is 24.6 Å². The van der Waals surface area contributed by atoms with E-state index >= 15 is 0 Å².